The van der Waals surface area contributed by atoms with Gasteiger partial charge < -0.3 is 10.5 Å². The van der Waals surface area contributed by atoms with Crippen molar-refractivity contribution in [2.24, 2.45) is 0 Å². The van der Waals surface area contributed by atoms with Crippen LogP contribution in [0.4, 0.5) is 5.69 Å². The van der Waals surface area contributed by atoms with Gasteiger partial charge in [-0.3, -0.25) is 4.79 Å². The van der Waals surface area contributed by atoms with Crippen LogP contribution in [0.25, 0.3) is 11.1 Å². The molecule has 0 atom stereocenters. The topological polar surface area (TPSA) is 52.3 Å². The number of esters is 1. The summed E-state index contributed by atoms with van der Waals surface area (Å²) in [6, 6.07) is 16.3. The van der Waals surface area contributed by atoms with Crippen LogP contribution in [0.3, 0.4) is 0 Å². The van der Waals surface area contributed by atoms with Crippen molar-refractivity contribution >= 4 is 24.1 Å². The van der Waals surface area contributed by atoms with Crippen LogP contribution in [0, 0.1) is 0 Å². The number of anilines is 1. The summed E-state index contributed by atoms with van der Waals surface area (Å²) in [5.74, 6) is -0.142. The van der Waals surface area contributed by atoms with Gasteiger partial charge in [0.15, 0.2) is 0 Å². The summed E-state index contributed by atoms with van der Waals surface area (Å²) in [7, 11) is 0. The Bertz CT molecular complexity index is 599. The Balaban J connectivity index is 0.00000242. The van der Waals surface area contributed by atoms with E-state index in [-0.39, 0.29) is 18.4 Å². The van der Waals surface area contributed by atoms with Gasteiger partial charge in [0.25, 0.3) is 0 Å². The van der Waals surface area contributed by atoms with Gasteiger partial charge in [-0.05, 0) is 42.5 Å². The zero-order valence-electron chi connectivity index (χ0n) is 12.7. The second-order valence-corrected chi connectivity index (χ2v) is 4.94. The second-order valence-electron chi connectivity index (χ2n) is 4.94. The fourth-order valence-electron chi connectivity index (χ4n) is 2.29. The first kappa shape index (κ1) is 18.1. The predicted molar refractivity (Wildman–Crippen MR) is 93.1 cm³/mol. The fraction of sp³-hybridized carbons (Fsp3) is 0.278. The Morgan fingerprint density at radius 3 is 2.45 bits per heavy atom. The Morgan fingerprint density at radius 2 is 1.82 bits per heavy atom. The number of ether oxygens (including phenoxy) is 1. The highest BCUT2D eigenvalue weighted by molar-refractivity contribution is 5.85. The molecule has 0 fully saturated rings. The molecule has 0 heterocycles. The molecule has 0 aliphatic carbocycles. The van der Waals surface area contributed by atoms with Crippen LogP contribution in [-0.2, 0) is 16.0 Å². The third kappa shape index (κ3) is 5.08. The Kier molecular flexibility index (Phi) is 7.47. The zero-order valence-corrected chi connectivity index (χ0v) is 13.6. The molecule has 0 unspecified atom stereocenters. The maximum absolute atomic E-state index is 11.3. The number of hydrogen-bond donors (Lipinski definition) is 1. The van der Waals surface area contributed by atoms with Crippen LogP contribution >= 0.6 is 12.4 Å². The summed E-state index contributed by atoms with van der Waals surface area (Å²) in [6.45, 7) is 2.25. The van der Waals surface area contributed by atoms with E-state index in [2.05, 4.69) is 18.2 Å². The molecule has 3 nitrogen and oxygen atoms in total. The number of carbonyl (C=O) groups is 1. The molecule has 22 heavy (non-hydrogen) atoms. The molecule has 0 bridgehead atoms. The molecule has 0 aliphatic rings. The highest BCUT2D eigenvalue weighted by atomic mass is 35.5. The molecule has 0 aliphatic heterocycles. The van der Waals surface area contributed by atoms with E-state index in [4.69, 9.17) is 10.5 Å². The number of halogens is 1. The molecule has 118 valence electrons. The highest BCUT2D eigenvalue weighted by Gasteiger charge is 2.05. The molecule has 2 aromatic rings. The van der Waals surface area contributed by atoms with Gasteiger partial charge in [-0.25, -0.2) is 0 Å². The van der Waals surface area contributed by atoms with Crippen molar-refractivity contribution in [3.8, 4) is 11.1 Å². The van der Waals surface area contributed by atoms with Gasteiger partial charge in [-0.1, -0.05) is 42.5 Å². The lowest BCUT2D eigenvalue weighted by molar-refractivity contribution is -0.143. The Morgan fingerprint density at radius 1 is 1.09 bits per heavy atom. The van der Waals surface area contributed by atoms with Crippen LogP contribution in [0.2, 0.25) is 0 Å². The van der Waals surface area contributed by atoms with Crippen LogP contribution in [0.15, 0.2) is 48.5 Å². The zero-order chi connectivity index (χ0) is 15.1. The number of aryl methyl sites for hydroxylation is 1. The number of rotatable bonds is 6. The SMILES string of the molecule is CCOC(=O)CCCc1ccc(-c2ccccc2)cc1N.Cl. The third-order valence-corrected chi connectivity index (χ3v) is 3.39. The van der Waals surface area contributed by atoms with E-state index in [1.54, 1.807) is 0 Å². The first-order valence-corrected chi connectivity index (χ1v) is 7.30. The molecule has 0 amide bonds. The minimum absolute atomic E-state index is 0. The monoisotopic (exact) mass is 319 g/mol. The number of benzene rings is 2. The van der Waals surface area contributed by atoms with E-state index in [9.17, 15) is 4.79 Å². The first-order chi connectivity index (χ1) is 10.2. The molecule has 0 aromatic heterocycles. The minimum Gasteiger partial charge on any atom is -0.466 e. The summed E-state index contributed by atoms with van der Waals surface area (Å²) in [5.41, 5.74) is 10.2. The van der Waals surface area contributed by atoms with Gasteiger partial charge in [0.2, 0.25) is 0 Å². The van der Waals surface area contributed by atoms with Gasteiger partial charge >= 0.3 is 5.97 Å². The minimum atomic E-state index is -0.142. The highest BCUT2D eigenvalue weighted by Crippen LogP contribution is 2.24. The van der Waals surface area contributed by atoms with Crippen molar-refractivity contribution in [3.05, 3.63) is 54.1 Å². The van der Waals surface area contributed by atoms with Crippen molar-refractivity contribution in [1.82, 2.24) is 0 Å². The Labute approximate surface area is 137 Å². The molecular formula is C18H22ClNO2. The molecule has 2 aromatic carbocycles. The summed E-state index contributed by atoms with van der Waals surface area (Å²) in [5, 5.41) is 0. The number of nitrogens with two attached hydrogens (primary N) is 1. The van der Waals surface area contributed by atoms with Gasteiger partial charge in [0.1, 0.15) is 0 Å². The third-order valence-electron chi connectivity index (χ3n) is 3.39. The fourth-order valence-corrected chi connectivity index (χ4v) is 2.29. The van der Waals surface area contributed by atoms with E-state index in [1.807, 2.05) is 37.3 Å². The van der Waals surface area contributed by atoms with Crippen molar-refractivity contribution in [1.29, 1.82) is 0 Å². The predicted octanol–water partition coefficient (Wildman–Crippen LogP) is 4.24. The number of carbonyl (C=O) groups excluding carboxylic acids is 1. The molecule has 0 spiro atoms. The largest absolute Gasteiger partial charge is 0.466 e. The standard InChI is InChI=1S/C18H21NO2.ClH/c1-2-21-18(20)10-6-9-15-11-12-16(13-17(15)19)14-7-4-3-5-8-14;/h3-5,7-8,11-13H,2,6,9-10,19H2,1H3;1H. The summed E-state index contributed by atoms with van der Waals surface area (Å²) < 4.78 is 4.92. The lowest BCUT2D eigenvalue weighted by atomic mass is 10.00. The van der Waals surface area contributed by atoms with Gasteiger partial charge in [-0.2, -0.15) is 0 Å². The molecule has 0 saturated carbocycles. The molecular weight excluding hydrogens is 298 g/mol. The van der Waals surface area contributed by atoms with Crippen molar-refractivity contribution < 1.29 is 9.53 Å². The van der Waals surface area contributed by atoms with Crippen molar-refractivity contribution in [3.63, 3.8) is 0 Å². The Hall–Kier alpha value is -2.00. The number of hydrogen-bond acceptors (Lipinski definition) is 3. The summed E-state index contributed by atoms with van der Waals surface area (Å²) in [4.78, 5) is 11.3. The van der Waals surface area contributed by atoms with E-state index >= 15 is 0 Å². The first-order valence-electron chi connectivity index (χ1n) is 7.30. The summed E-state index contributed by atoms with van der Waals surface area (Å²) >= 11 is 0. The van der Waals surface area contributed by atoms with Crippen LogP contribution < -0.4 is 5.73 Å². The van der Waals surface area contributed by atoms with E-state index < -0.39 is 0 Å². The molecule has 2 N–H and O–H groups in total. The normalized spacial score (nSPS) is 9.86. The van der Waals surface area contributed by atoms with E-state index in [1.165, 1.54) is 0 Å². The van der Waals surface area contributed by atoms with Crippen LogP contribution in [-0.4, -0.2) is 12.6 Å². The van der Waals surface area contributed by atoms with Crippen molar-refractivity contribution in [2.45, 2.75) is 26.2 Å². The smallest absolute Gasteiger partial charge is 0.305 e. The lowest BCUT2D eigenvalue weighted by Crippen LogP contribution is -2.04. The van der Waals surface area contributed by atoms with E-state index in [0.717, 1.165) is 35.2 Å². The molecule has 4 heteroatoms. The van der Waals surface area contributed by atoms with Crippen LogP contribution in [0.5, 0.6) is 0 Å². The second kappa shape index (κ2) is 9.11. The van der Waals surface area contributed by atoms with Gasteiger partial charge in [-0.15, -0.1) is 12.4 Å². The summed E-state index contributed by atoms with van der Waals surface area (Å²) in [6.07, 6.45) is 1.99. The van der Waals surface area contributed by atoms with E-state index in [0.29, 0.717) is 13.0 Å². The maximum atomic E-state index is 11.3. The van der Waals surface area contributed by atoms with Gasteiger partial charge in [0.05, 0.1) is 6.61 Å². The van der Waals surface area contributed by atoms with Gasteiger partial charge in [0, 0.05) is 12.1 Å². The maximum Gasteiger partial charge on any atom is 0.305 e. The molecule has 2 rings (SSSR count). The average Bonchev–Trinajstić information content (AvgIpc) is 2.50. The quantitative estimate of drug-likeness (QED) is 0.640. The molecule has 0 saturated heterocycles. The average molecular weight is 320 g/mol. The lowest BCUT2D eigenvalue weighted by Gasteiger charge is -2.09. The number of nitrogen functional groups attached to an aromatic ring is 1. The van der Waals surface area contributed by atoms with Crippen molar-refractivity contribution in [2.75, 3.05) is 12.3 Å². The van der Waals surface area contributed by atoms with Crippen LogP contribution in [0.1, 0.15) is 25.3 Å². The molecule has 0 radical (unpaired) electrons.